The van der Waals surface area contributed by atoms with E-state index >= 15 is 0 Å². The second kappa shape index (κ2) is 7.17. The molecule has 0 amide bonds. The first-order chi connectivity index (χ1) is 5.95. The van der Waals surface area contributed by atoms with Crippen LogP contribution in [0.25, 0.3) is 0 Å². The predicted octanol–water partition coefficient (Wildman–Crippen LogP) is 2.67. The maximum Gasteiger partial charge on any atom is 0.339 e. The number of hydrogen-bond donors (Lipinski definition) is 2. The van der Waals surface area contributed by atoms with Crippen LogP contribution in [0.1, 0.15) is 10.4 Å². The van der Waals surface area contributed by atoms with Crippen LogP contribution in [0.5, 0.6) is 5.75 Å². The Kier molecular flexibility index (Phi) is 8.68. The third-order valence-corrected chi connectivity index (χ3v) is 2.62. The van der Waals surface area contributed by atoms with Crippen LogP contribution >= 0.6 is 34.8 Å². The molecule has 0 spiro atoms. The summed E-state index contributed by atoms with van der Waals surface area (Å²) in [6, 6.07) is 1.04. The van der Waals surface area contributed by atoms with E-state index < -0.39 is 11.7 Å². The summed E-state index contributed by atoms with van der Waals surface area (Å²) in [6.45, 7) is 0. The van der Waals surface area contributed by atoms with Gasteiger partial charge in [0.25, 0.3) is 0 Å². The number of carboxylic acids is 1. The van der Waals surface area contributed by atoms with Crippen molar-refractivity contribution in [1.29, 1.82) is 0 Å². The van der Waals surface area contributed by atoms with Gasteiger partial charge in [0, 0.05) is 43.6 Å². The van der Waals surface area contributed by atoms with E-state index in [-0.39, 0.29) is 64.2 Å². The van der Waals surface area contributed by atoms with Gasteiger partial charge in [-0.25, -0.2) is 4.79 Å². The first-order valence-corrected chi connectivity index (χ1v) is 4.18. The summed E-state index contributed by atoms with van der Waals surface area (Å²) in [6.07, 6.45) is 0. The molecule has 0 saturated heterocycles. The van der Waals surface area contributed by atoms with Crippen molar-refractivity contribution in [1.82, 2.24) is 0 Å². The molecule has 0 aliphatic carbocycles. The van der Waals surface area contributed by atoms with Crippen LogP contribution in [0.2, 0.25) is 15.1 Å². The van der Waals surface area contributed by atoms with Crippen LogP contribution in [-0.4, -0.2) is 33.5 Å². The predicted molar refractivity (Wildman–Crippen MR) is 55.9 cm³/mol. The van der Waals surface area contributed by atoms with Crippen molar-refractivity contribution in [3.05, 3.63) is 26.7 Å². The molecule has 0 fully saturated rings. The summed E-state index contributed by atoms with van der Waals surface area (Å²) in [4.78, 5) is 10.5. The zero-order valence-corrected chi connectivity index (χ0v) is 13.0. The van der Waals surface area contributed by atoms with Gasteiger partial charge in [-0.05, 0) is 6.07 Å². The van der Waals surface area contributed by atoms with Crippen LogP contribution in [0.3, 0.4) is 0 Å². The summed E-state index contributed by atoms with van der Waals surface area (Å²) in [5, 5.41) is 17.5. The minimum absolute atomic E-state index is 0. The molecule has 1 aromatic rings. The Morgan fingerprint density at radius 3 is 2.07 bits per heavy atom. The first-order valence-electron chi connectivity index (χ1n) is 3.05. The topological polar surface area (TPSA) is 57.5 Å². The number of halogens is 3. The fraction of sp³-hybridized carbons (Fsp3) is 0. The van der Waals surface area contributed by atoms with Crippen LogP contribution in [0.4, 0.5) is 0 Å². The molecule has 8 heteroatoms. The minimum Gasteiger partial charge on any atom is -0.505 e. The Hall–Kier alpha value is 0.776. The Bertz CT molecular complexity index is 386. The van der Waals surface area contributed by atoms with E-state index in [4.69, 9.17) is 39.9 Å². The van der Waals surface area contributed by atoms with Gasteiger partial charge in [-0.1, -0.05) is 34.8 Å². The molecule has 0 aliphatic rings. The van der Waals surface area contributed by atoms with Crippen molar-refractivity contribution in [2.75, 3.05) is 0 Å². The Morgan fingerprint density at radius 2 is 1.67 bits per heavy atom. The first kappa shape index (κ1) is 18.1. The van der Waals surface area contributed by atoms with E-state index in [1.54, 1.807) is 0 Å². The van der Waals surface area contributed by atoms with Crippen molar-refractivity contribution in [3.63, 3.8) is 0 Å². The smallest absolute Gasteiger partial charge is 0.339 e. The van der Waals surface area contributed by atoms with Crippen molar-refractivity contribution in [3.8, 4) is 5.75 Å². The molecule has 0 aromatic heterocycles. The molecule has 0 heterocycles. The Morgan fingerprint density at radius 1 is 1.20 bits per heavy atom. The second-order valence-electron chi connectivity index (χ2n) is 2.19. The van der Waals surface area contributed by atoms with Gasteiger partial charge in [-0.3, -0.25) is 0 Å². The van der Waals surface area contributed by atoms with Gasteiger partial charge in [0.1, 0.15) is 16.3 Å². The van der Waals surface area contributed by atoms with Crippen LogP contribution < -0.4 is 0 Å². The van der Waals surface area contributed by atoms with E-state index in [1.165, 1.54) is 0 Å². The van der Waals surface area contributed by atoms with Crippen LogP contribution in [-0.2, 0) is 26.2 Å². The number of hydrogen-bond acceptors (Lipinski definition) is 2. The monoisotopic (exact) mass is 357 g/mol. The summed E-state index contributed by atoms with van der Waals surface area (Å²) >= 11 is 16.6. The van der Waals surface area contributed by atoms with Crippen molar-refractivity contribution in [2.45, 2.75) is 0 Å². The number of rotatable bonds is 1. The van der Waals surface area contributed by atoms with Crippen molar-refractivity contribution in [2.24, 2.45) is 0 Å². The zero-order valence-electron chi connectivity index (χ0n) is 7.09. The third kappa shape index (κ3) is 3.93. The zero-order chi connectivity index (χ0) is 10.2. The number of carbonyl (C=O) groups is 1. The van der Waals surface area contributed by atoms with E-state index in [0.29, 0.717) is 0 Å². The maximum atomic E-state index is 10.5. The minimum atomic E-state index is -1.32. The normalized spacial score (nSPS) is 8.73. The van der Waals surface area contributed by atoms with Gasteiger partial charge in [-0.15, -0.1) is 0 Å². The number of phenols is 1. The van der Waals surface area contributed by atoms with Crippen molar-refractivity contribution < 1.29 is 41.2 Å². The third-order valence-electron chi connectivity index (χ3n) is 1.37. The molecule has 3 radical (unpaired) electrons. The van der Waals surface area contributed by atoms with Gasteiger partial charge in [0.05, 0.1) is 10.0 Å². The molecular formula is C7H3AlCl3O3Zr. The molecule has 0 bridgehead atoms. The summed E-state index contributed by atoms with van der Waals surface area (Å²) < 4.78 is 0. The summed E-state index contributed by atoms with van der Waals surface area (Å²) in [5.41, 5.74) is -0.376. The molecule has 1 rings (SSSR count). The standard InChI is InChI=1S/C7H3Cl3O3.Al.Zr/c8-3-1-2(7(12)13)6(11)5(10)4(3)9;;/h1,11H,(H,12,13);;. The van der Waals surface area contributed by atoms with Crippen molar-refractivity contribution >= 4 is 58.1 Å². The van der Waals surface area contributed by atoms with E-state index in [2.05, 4.69) is 0 Å². The van der Waals surface area contributed by atoms with Gasteiger partial charge in [-0.2, -0.15) is 0 Å². The van der Waals surface area contributed by atoms with E-state index in [9.17, 15) is 9.90 Å². The fourth-order valence-corrected chi connectivity index (χ4v) is 1.35. The van der Waals surface area contributed by atoms with Gasteiger partial charge >= 0.3 is 5.97 Å². The maximum absolute atomic E-state index is 10.5. The van der Waals surface area contributed by atoms with Gasteiger partial charge < -0.3 is 10.2 Å². The molecule has 0 aliphatic heterocycles. The number of aromatic carboxylic acids is 1. The second-order valence-corrected chi connectivity index (χ2v) is 3.35. The molecule has 2 N–H and O–H groups in total. The molecule has 1 aromatic carbocycles. The fourth-order valence-electron chi connectivity index (χ4n) is 0.748. The van der Waals surface area contributed by atoms with E-state index in [1.807, 2.05) is 0 Å². The van der Waals surface area contributed by atoms with Gasteiger partial charge in [0.2, 0.25) is 0 Å². The molecule has 0 atom stereocenters. The number of aromatic hydroxyl groups is 1. The molecule has 3 nitrogen and oxygen atoms in total. The average Bonchev–Trinajstić information content (AvgIpc) is 2.07. The van der Waals surface area contributed by atoms with Crippen LogP contribution in [0.15, 0.2) is 6.07 Å². The summed E-state index contributed by atoms with van der Waals surface area (Å²) in [5.74, 6) is -1.90. The molecule has 77 valence electrons. The average molecular weight is 360 g/mol. The molecule has 15 heavy (non-hydrogen) atoms. The molecular weight excluding hydrogens is 357 g/mol. The Labute approximate surface area is 131 Å². The van der Waals surface area contributed by atoms with Crippen LogP contribution in [0, 0.1) is 0 Å². The number of carboxylic acid groups (broad SMARTS) is 1. The van der Waals surface area contributed by atoms with Gasteiger partial charge in [0.15, 0.2) is 0 Å². The quantitative estimate of drug-likeness (QED) is 0.599. The SMILES string of the molecule is O=C(O)c1cc(Cl)c(Cl)c(Cl)c1O.[Al].[Zr]. The Balaban J connectivity index is 0. The summed E-state index contributed by atoms with van der Waals surface area (Å²) in [7, 11) is 0. The number of benzene rings is 1. The molecule has 0 unspecified atom stereocenters. The largest absolute Gasteiger partial charge is 0.505 e. The molecule has 0 saturated carbocycles. The van der Waals surface area contributed by atoms with E-state index in [0.717, 1.165) is 6.07 Å².